The molecule has 1 unspecified atom stereocenters. The molecule has 0 bridgehead atoms. The van der Waals surface area contributed by atoms with E-state index in [4.69, 9.17) is 0 Å². The van der Waals surface area contributed by atoms with Crippen LogP contribution in [0.5, 0.6) is 0 Å². The Balaban J connectivity index is 1.11. The summed E-state index contributed by atoms with van der Waals surface area (Å²) < 4.78 is 5.02. The van der Waals surface area contributed by atoms with Crippen LogP contribution in [0.3, 0.4) is 0 Å². The maximum atomic E-state index is 2.52. The summed E-state index contributed by atoms with van der Waals surface area (Å²) in [4.78, 5) is 0. The van der Waals surface area contributed by atoms with Gasteiger partial charge in [-0.25, -0.2) is 0 Å². The van der Waals surface area contributed by atoms with Gasteiger partial charge in [0.05, 0.1) is 33.2 Å². The van der Waals surface area contributed by atoms with Gasteiger partial charge in [-0.3, -0.25) is 0 Å². The summed E-state index contributed by atoms with van der Waals surface area (Å²) in [5, 5.41) is 4.96. The fourth-order valence-electron chi connectivity index (χ4n) is 11.1. The highest BCUT2D eigenvalue weighted by molar-refractivity contribution is 6.26. The first kappa shape index (κ1) is 35.5. The molecule has 2 aromatic heterocycles. The van der Waals surface area contributed by atoms with Gasteiger partial charge >= 0.3 is 0 Å². The molecule has 10 aromatic carbocycles. The standard InChI is InChI=1S/C61H40N2/c1-4-20-41(21-5-1)46-28-11-15-35-54(46)63-55-36-16-12-29-48(55)49-38-39-57-59(60(49)63)51-31-13-17-37-56(51)62(57)45-27-18-26-44(40-45)61(43-24-8-3-9-25-43)52-33-14-10-30-50(52)58-47(32-19-34-53(58)61)42-22-6-2-7-23-42/h1-40H. The zero-order chi connectivity index (χ0) is 41.5. The molecule has 0 saturated heterocycles. The van der Waals surface area contributed by atoms with Gasteiger partial charge in [0.1, 0.15) is 0 Å². The molecule has 13 rings (SSSR count). The van der Waals surface area contributed by atoms with Crippen LogP contribution in [0.15, 0.2) is 243 Å². The van der Waals surface area contributed by atoms with E-state index in [0.717, 1.165) is 5.69 Å². The van der Waals surface area contributed by atoms with Crippen molar-refractivity contribution in [3.63, 3.8) is 0 Å². The Bertz CT molecular complexity index is 3730. The molecule has 1 aliphatic rings. The van der Waals surface area contributed by atoms with Crippen molar-refractivity contribution in [3.05, 3.63) is 265 Å². The summed E-state index contributed by atoms with van der Waals surface area (Å²) in [7, 11) is 0. The van der Waals surface area contributed by atoms with Crippen LogP contribution in [0, 0.1) is 0 Å². The lowest BCUT2D eigenvalue weighted by molar-refractivity contribution is 0.767. The number of hydrogen-bond acceptors (Lipinski definition) is 0. The Labute approximate surface area is 366 Å². The molecule has 63 heavy (non-hydrogen) atoms. The van der Waals surface area contributed by atoms with Crippen molar-refractivity contribution in [2.75, 3.05) is 0 Å². The summed E-state index contributed by atoms with van der Waals surface area (Å²) in [6.07, 6.45) is 0. The lowest BCUT2D eigenvalue weighted by atomic mass is 9.67. The number of rotatable bonds is 6. The van der Waals surface area contributed by atoms with E-state index in [1.807, 2.05) is 0 Å². The number of fused-ring (bicyclic) bond motifs is 10. The first-order chi connectivity index (χ1) is 31.3. The van der Waals surface area contributed by atoms with Crippen LogP contribution in [0.25, 0.3) is 88.4 Å². The number of aromatic nitrogens is 2. The lowest BCUT2D eigenvalue weighted by Crippen LogP contribution is -2.28. The Morgan fingerprint density at radius 3 is 1.65 bits per heavy atom. The predicted molar refractivity (Wildman–Crippen MR) is 263 cm³/mol. The Morgan fingerprint density at radius 1 is 0.317 bits per heavy atom. The largest absolute Gasteiger partial charge is 0.309 e. The second-order valence-electron chi connectivity index (χ2n) is 16.8. The molecule has 0 saturated carbocycles. The fraction of sp³-hybridized carbons (Fsp3) is 0.0164. The second-order valence-corrected chi connectivity index (χ2v) is 16.8. The number of nitrogens with zero attached hydrogens (tertiary/aromatic N) is 2. The van der Waals surface area contributed by atoms with Crippen LogP contribution in [-0.2, 0) is 5.41 Å². The van der Waals surface area contributed by atoms with E-state index in [2.05, 4.69) is 252 Å². The molecule has 294 valence electrons. The van der Waals surface area contributed by atoms with Crippen LogP contribution >= 0.6 is 0 Å². The van der Waals surface area contributed by atoms with Crippen LogP contribution < -0.4 is 0 Å². The summed E-state index contributed by atoms with van der Waals surface area (Å²) in [6.45, 7) is 0. The van der Waals surface area contributed by atoms with E-state index >= 15 is 0 Å². The smallest absolute Gasteiger partial charge is 0.0714 e. The maximum Gasteiger partial charge on any atom is 0.0714 e. The number of benzene rings is 10. The van der Waals surface area contributed by atoms with E-state index in [1.165, 1.54) is 105 Å². The monoisotopic (exact) mass is 800 g/mol. The average molecular weight is 801 g/mol. The average Bonchev–Trinajstić information content (AvgIpc) is 3.99. The molecule has 1 atom stereocenters. The van der Waals surface area contributed by atoms with Gasteiger partial charge in [0.15, 0.2) is 0 Å². The van der Waals surface area contributed by atoms with Crippen molar-refractivity contribution >= 4 is 43.6 Å². The van der Waals surface area contributed by atoms with Gasteiger partial charge in [0, 0.05) is 32.8 Å². The molecule has 2 heteroatoms. The predicted octanol–water partition coefficient (Wildman–Crippen LogP) is 15.6. The third-order valence-electron chi connectivity index (χ3n) is 13.6. The summed E-state index contributed by atoms with van der Waals surface area (Å²) in [6, 6.07) is 89.5. The second kappa shape index (κ2) is 13.9. The minimum absolute atomic E-state index is 0.562. The molecule has 2 heterocycles. The molecule has 0 N–H and O–H groups in total. The van der Waals surface area contributed by atoms with Crippen LogP contribution in [0.1, 0.15) is 22.3 Å². The van der Waals surface area contributed by atoms with Gasteiger partial charge in [0.25, 0.3) is 0 Å². The topological polar surface area (TPSA) is 9.86 Å². The highest BCUT2D eigenvalue weighted by atomic mass is 15.0. The fourth-order valence-corrected chi connectivity index (χ4v) is 11.1. The minimum Gasteiger partial charge on any atom is -0.309 e. The van der Waals surface area contributed by atoms with Gasteiger partial charge in [-0.1, -0.05) is 206 Å². The normalized spacial score (nSPS) is 14.4. The quantitative estimate of drug-likeness (QED) is 0.159. The van der Waals surface area contributed by atoms with Gasteiger partial charge < -0.3 is 9.13 Å². The lowest BCUT2D eigenvalue weighted by Gasteiger charge is -2.34. The van der Waals surface area contributed by atoms with E-state index < -0.39 is 5.41 Å². The van der Waals surface area contributed by atoms with Crippen molar-refractivity contribution in [2.24, 2.45) is 0 Å². The van der Waals surface area contributed by atoms with Crippen molar-refractivity contribution in [1.29, 1.82) is 0 Å². The van der Waals surface area contributed by atoms with E-state index in [1.54, 1.807) is 0 Å². The summed E-state index contributed by atoms with van der Waals surface area (Å²) in [5.41, 5.74) is 19.1. The summed E-state index contributed by atoms with van der Waals surface area (Å²) in [5.74, 6) is 0. The first-order valence-electron chi connectivity index (χ1n) is 21.9. The van der Waals surface area contributed by atoms with Crippen LogP contribution in [0.4, 0.5) is 0 Å². The molecule has 0 radical (unpaired) electrons. The number of hydrogen-bond donors (Lipinski definition) is 0. The minimum atomic E-state index is -0.562. The summed E-state index contributed by atoms with van der Waals surface area (Å²) >= 11 is 0. The Morgan fingerprint density at radius 2 is 0.873 bits per heavy atom. The molecule has 0 aliphatic heterocycles. The van der Waals surface area contributed by atoms with Crippen molar-refractivity contribution in [3.8, 4) is 44.8 Å². The Hall–Kier alpha value is -8.20. The van der Waals surface area contributed by atoms with Crippen LogP contribution in [0.2, 0.25) is 0 Å². The van der Waals surface area contributed by atoms with Gasteiger partial charge in [-0.05, 0) is 86.5 Å². The SMILES string of the molecule is c1ccc(-c2ccccc2-n2c3ccccc3c3ccc4c(c5ccccc5n4-c4cccc(C5(c6ccccc6)c6ccccc6-c6c(-c7ccccc7)cccc65)c4)c32)cc1. The van der Waals surface area contributed by atoms with Gasteiger partial charge in [-0.2, -0.15) is 0 Å². The highest BCUT2D eigenvalue weighted by Crippen LogP contribution is 2.58. The molecule has 12 aromatic rings. The third-order valence-corrected chi connectivity index (χ3v) is 13.6. The van der Waals surface area contributed by atoms with Gasteiger partial charge in [0.2, 0.25) is 0 Å². The van der Waals surface area contributed by atoms with E-state index in [-0.39, 0.29) is 0 Å². The number of para-hydroxylation sites is 3. The van der Waals surface area contributed by atoms with Crippen molar-refractivity contribution in [2.45, 2.75) is 5.41 Å². The molecule has 0 fully saturated rings. The molecular weight excluding hydrogens is 761 g/mol. The zero-order valence-corrected chi connectivity index (χ0v) is 34.5. The Kier molecular flexibility index (Phi) is 7.85. The van der Waals surface area contributed by atoms with Crippen molar-refractivity contribution < 1.29 is 0 Å². The molecule has 0 amide bonds. The first-order valence-corrected chi connectivity index (χ1v) is 21.9. The van der Waals surface area contributed by atoms with Crippen LogP contribution in [-0.4, -0.2) is 9.13 Å². The molecule has 2 nitrogen and oxygen atoms in total. The van der Waals surface area contributed by atoms with Crippen molar-refractivity contribution in [1.82, 2.24) is 9.13 Å². The maximum absolute atomic E-state index is 2.52. The third kappa shape index (κ3) is 5.07. The molecule has 1 aliphatic carbocycles. The highest BCUT2D eigenvalue weighted by Gasteiger charge is 2.47. The zero-order valence-electron chi connectivity index (χ0n) is 34.5. The molecule has 0 spiro atoms. The van der Waals surface area contributed by atoms with E-state index in [9.17, 15) is 0 Å². The van der Waals surface area contributed by atoms with Gasteiger partial charge in [-0.15, -0.1) is 0 Å². The molecular formula is C61H40N2. The van der Waals surface area contributed by atoms with E-state index in [0.29, 0.717) is 0 Å².